The Morgan fingerprint density at radius 3 is 2.36 bits per heavy atom. The van der Waals surface area contributed by atoms with Gasteiger partial charge in [0.05, 0.1) is 11.9 Å². The average Bonchev–Trinajstić information content (AvgIpc) is 2.54. The van der Waals surface area contributed by atoms with Crippen molar-refractivity contribution < 1.29 is 22.0 Å². The third-order valence-corrected chi connectivity index (χ3v) is 4.61. The summed E-state index contributed by atoms with van der Waals surface area (Å²) in [5.41, 5.74) is 0.665. The summed E-state index contributed by atoms with van der Waals surface area (Å²) in [4.78, 5) is 11.9. The highest BCUT2D eigenvalue weighted by atomic mass is 32.2. The minimum Gasteiger partial charge on any atom is -0.326 e. The number of hydrogen-bond donors (Lipinski definition) is 1. The molecule has 1 N–H and O–H groups in total. The summed E-state index contributed by atoms with van der Waals surface area (Å²) in [5, 5.41) is 2.69. The zero-order chi connectivity index (χ0) is 18.4. The normalized spacial score (nSPS) is 11.2. The number of nitrogens with one attached hydrogen (secondary N) is 1. The van der Waals surface area contributed by atoms with Crippen molar-refractivity contribution >= 4 is 27.3 Å². The van der Waals surface area contributed by atoms with Crippen LogP contribution < -0.4 is 9.62 Å². The predicted molar refractivity (Wildman–Crippen MR) is 92.9 cm³/mol. The number of nitrogens with zero attached hydrogens (tertiary/aromatic N) is 1. The number of hydrogen-bond acceptors (Lipinski definition) is 3. The summed E-state index contributed by atoms with van der Waals surface area (Å²) in [7, 11) is -3.69. The van der Waals surface area contributed by atoms with Crippen LogP contribution in [0.5, 0.6) is 0 Å². The van der Waals surface area contributed by atoms with Gasteiger partial charge in [-0.15, -0.1) is 0 Å². The van der Waals surface area contributed by atoms with E-state index < -0.39 is 21.7 Å². The van der Waals surface area contributed by atoms with E-state index in [4.69, 9.17) is 0 Å². The first-order valence-corrected chi connectivity index (χ1v) is 9.40. The molecule has 8 heteroatoms. The summed E-state index contributed by atoms with van der Waals surface area (Å²) in [6.45, 7) is -0.0217. The van der Waals surface area contributed by atoms with Crippen LogP contribution in [0.3, 0.4) is 0 Å². The van der Waals surface area contributed by atoms with Crippen LogP contribution in [0.1, 0.15) is 12.8 Å². The number of carbonyl (C=O) groups excluding carboxylic acids is 1. The Labute approximate surface area is 145 Å². The van der Waals surface area contributed by atoms with E-state index >= 15 is 0 Å². The second-order valence-corrected chi connectivity index (χ2v) is 7.36. The molecule has 2 aromatic carbocycles. The largest absolute Gasteiger partial charge is 0.326 e. The van der Waals surface area contributed by atoms with Crippen LogP contribution in [-0.2, 0) is 14.8 Å². The minimum absolute atomic E-state index is 0.0184. The molecule has 2 rings (SSSR count). The van der Waals surface area contributed by atoms with Crippen LogP contribution in [0.25, 0.3) is 0 Å². The summed E-state index contributed by atoms with van der Waals surface area (Å²) in [6, 6.07) is 11.7. The van der Waals surface area contributed by atoms with Crippen LogP contribution in [0, 0.1) is 11.6 Å². The Morgan fingerprint density at radius 1 is 1.08 bits per heavy atom. The Morgan fingerprint density at radius 2 is 1.76 bits per heavy atom. The second kappa shape index (κ2) is 8.06. The number of rotatable bonds is 7. The number of carbonyl (C=O) groups is 1. The highest BCUT2D eigenvalue weighted by Gasteiger charge is 2.19. The lowest BCUT2D eigenvalue weighted by atomic mass is 10.2. The van der Waals surface area contributed by atoms with Crippen LogP contribution in [0.4, 0.5) is 20.2 Å². The smallest absolute Gasteiger partial charge is 0.232 e. The van der Waals surface area contributed by atoms with Gasteiger partial charge in [0.25, 0.3) is 0 Å². The number of halogens is 2. The maximum absolute atomic E-state index is 13.4. The molecule has 0 spiro atoms. The fourth-order valence-electron chi connectivity index (χ4n) is 2.25. The molecule has 0 saturated carbocycles. The number of para-hydroxylation sites is 1. The maximum Gasteiger partial charge on any atom is 0.232 e. The molecule has 0 aliphatic carbocycles. The van der Waals surface area contributed by atoms with Gasteiger partial charge in [0.2, 0.25) is 15.9 Å². The molecule has 0 heterocycles. The van der Waals surface area contributed by atoms with Crippen molar-refractivity contribution in [3.05, 3.63) is 60.2 Å². The summed E-state index contributed by atoms with van der Waals surface area (Å²) < 4.78 is 51.1. The first kappa shape index (κ1) is 18.9. The zero-order valence-electron chi connectivity index (χ0n) is 13.6. The molecule has 0 atom stereocenters. The molecular weight excluding hydrogens is 350 g/mol. The second-order valence-electron chi connectivity index (χ2n) is 5.45. The molecule has 25 heavy (non-hydrogen) atoms. The Kier molecular flexibility index (Phi) is 6.08. The fourth-order valence-corrected chi connectivity index (χ4v) is 3.21. The van der Waals surface area contributed by atoms with E-state index in [9.17, 15) is 22.0 Å². The lowest BCUT2D eigenvalue weighted by Gasteiger charge is -2.22. The quantitative estimate of drug-likeness (QED) is 0.816. The average molecular weight is 368 g/mol. The molecule has 0 unspecified atom stereocenters. The molecule has 1 amide bonds. The van der Waals surface area contributed by atoms with Crippen LogP contribution in [0.2, 0.25) is 0 Å². The highest BCUT2D eigenvalue weighted by Crippen LogP contribution is 2.21. The molecule has 0 bridgehead atoms. The number of benzene rings is 2. The van der Waals surface area contributed by atoms with Gasteiger partial charge in [-0.1, -0.05) is 18.2 Å². The van der Waals surface area contributed by atoms with Crippen molar-refractivity contribution in [1.82, 2.24) is 0 Å². The van der Waals surface area contributed by atoms with E-state index in [0.29, 0.717) is 5.69 Å². The molecular formula is C17H18F2N2O3S. The van der Waals surface area contributed by atoms with Gasteiger partial charge in [0, 0.05) is 24.7 Å². The number of amides is 1. The summed E-state index contributed by atoms with van der Waals surface area (Å²) >= 11 is 0. The van der Waals surface area contributed by atoms with Crippen molar-refractivity contribution in [1.29, 1.82) is 0 Å². The Balaban J connectivity index is 1.99. The van der Waals surface area contributed by atoms with E-state index in [1.807, 2.05) is 6.07 Å². The van der Waals surface area contributed by atoms with Gasteiger partial charge in [-0.3, -0.25) is 9.10 Å². The third-order valence-electron chi connectivity index (χ3n) is 3.41. The monoisotopic (exact) mass is 368 g/mol. The molecule has 0 saturated heterocycles. The maximum atomic E-state index is 13.4. The van der Waals surface area contributed by atoms with Crippen molar-refractivity contribution in [2.75, 3.05) is 22.4 Å². The van der Waals surface area contributed by atoms with Crippen LogP contribution in [-0.4, -0.2) is 27.1 Å². The topological polar surface area (TPSA) is 66.5 Å². The highest BCUT2D eigenvalue weighted by molar-refractivity contribution is 7.92. The number of sulfonamides is 1. The fraction of sp³-hybridized carbons (Fsp3) is 0.235. The van der Waals surface area contributed by atoms with Gasteiger partial charge >= 0.3 is 0 Å². The standard InChI is InChI=1S/C17H18F2N2O3S/c1-25(23,24)21(14-9-10-15(18)16(19)12-14)11-5-8-17(22)20-13-6-3-2-4-7-13/h2-4,6-7,9-10,12H,5,8,11H2,1H3,(H,20,22). The Bertz CT molecular complexity index is 842. The van der Waals surface area contributed by atoms with Crippen molar-refractivity contribution in [2.45, 2.75) is 12.8 Å². The van der Waals surface area contributed by atoms with Crippen LogP contribution >= 0.6 is 0 Å². The third kappa shape index (κ3) is 5.53. The molecule has 5 nitrogen and oxygen atoms in total. The lowest BCUT2D eigenvalue weighted by molar-refractivity contribution is -0.116. The van der Waals surface area contributed by atoms with Crippen molar-refractivity contribution in [3.63, 3.8) is 0 Å². The van der Waals surface area contributed by atoms with E-state index in [1.54, 1.807) is 24.3 Å². The minimum atomic E-state index is -3.69. The number of anilines is 2. The molecule has 0 aromatic heterocycles. The molecule has 134 valence electrons. The van der Waals surface area contributed by atoms with Gasteiger partial charge in [-0.25, -0.2) is 17.2 Å². The molecule has 0 radical (unpaired) electrons. The molecule has 0 fully saturated rings. The summed E-state index contributed by atoms with van der Waals surface area (Å²) in [6.07, 6.45) is 1.29. The van der Waals surface area contributed by atoms with Gasteiger partial charge in [0.1, 0.15) is 0 Å². The van der Waals surface area contributed by atoms with Crippen molar-refractivity contribution in [3.8, 4) is 0 Å². The molecule has 0 aliphatic rings. The van der Waals surface area contributed by atoms with E-state index in [1.165, 1.54) is 6.07 Å². The van der Waals surface area contributed by atoms with E-state index in [2.05, 4.69) is 5.32 Å². The van der Waals surface area contributed by atoms with Gasteiger partial charge in [-0.05, 0) is 30.7 Å². The first-order valence-electron chi connectivity index (χ1n) is 7.55. The lowest BCUT2D eigenvalue weighted by Crippen LogP contribution is -2.31. The van der Waals surface area contributed by atoms with Gasteiger partial charge in [-0.2, -0.15) is 0 Å². The van der Waals surface area contributed by atoms with E-state index in [-0.39, 0.29) is 31.0 Å². The molecule has 2 aromatic rings. The Hall–Kier alpha value is -2.48. The molecule has 0 aliphatic heterocycles. The summed E-state index contributed by atoms with van der Waals surface area (Å²) in [5.74, 6) is -2.45. The first-order chi connectivity index (χ1) is 11.8. The van der Waals surface area contributed by atoms with E-state index in [0.717, 1.165) is 22.7 Å². The SMILES string of the molecule is CS(=O)(=O)N(CCCC(=O)Nc1ccccc1)c1ccc(F)c(F)c1. The van der Waals surface area contributed by atoms with Crippen molar-refractivity contribution in [2.24, 2.45) is 0 Å². The van der Waals surface area contributed by atoms with Gasteiger partial charge in [0.15, 0.2) is 11.6 Å². The van der Waals surface area contributed by atoms with Crippen LogP contribution in [0.15, 0.2) is 48.5 Å². The predicted octanol–water partition coefficient (Wildman–Crippen LogP) is 3.15. The zero-order valence-corrected chi connectivity index (χ0v) is 14.4. The van der Waals surface area contributed by atoms with Gasteiger partial charge < -0.3 is 5.32 Å².